The largest absolute Gasteiger partial charge is 0.454 e. The zero-order valence-electron chi connectivity index (χ0n) is 5.11. The van der Waals surface area contributed by atoms with Gasteiger partial charge in [-0.25, -0.2) is 0 Å². The Labute approximate surface area is 60.3 Å². The van der Waals surface area contributed by atoms with Gasteiger partial charge >= 0.3 is 6.18 Å². The van der Waals surface area contributed by atoms with Crippen molar-refractivity contribution in [3.05, 3.63) is 11.5 Å². The van der Waals surface area contributed by atoms with Crippen LogP contribution in [0.4, 0.5) is 13.2 Å². The van der Waals surface area contributed by atoms with E-state index < -0.39 is 12.0 Å². The Bertz CT molecular complexity index is 149. The van der Waals surface area contributed by atoms with Gasteiger partial charge in [0, 0.05) is 0 Å². The second kappa shape index (κ2) is 3.65. The standard InChI is InChI=1S/C5H5F3OS/c1-10-3-2-4(9)5(6,7)8/h2-3H,1H3. The van der Waals surface area contributed by atoms with Crippen molar-refractivity contribution in [1.29, 1.82) is 0 Å². The van der Waals surface area contributed by atoms with Crippen LogP contribution >= 0.6 is 11.8 Å². The van der Waals surface area contributed by atoms with Crippen molar-refractivity contribution in [2.75, 3.05) is 6.26 Å². The van der Waals surface area contributed by atoms with Crippen molar-refractivity contribution in [3.63, 3.8) is 0 Å². The summed E-state index contributed by atoms with van der Waals surface area (Å²) in [4.78, 5) is 10.00. The van der Waals surface area contributed by atoms with Crippen molar-refractivity contribution < 1.29 is 18.0 Å². The number of hydrogen-bond donors (Lipinski definition) is 0. The average molecular weight is 170 g/mol. The monoisotopic (exact) mass is 170 g/mol. The highest BCUT2D eigenvalue weighted by molar-refractivity contribution is 8.01. The minimum absolute atomic E-state index is 0.505. The van der Waals surface area contributed by atoms with Crippen LogP contribution in [0.3, 0.4) is 0 Å². The van der Waals surface area contributed by atoms with Crippen LogP contribution in [0.25, 0.3) is 0 Å². The SMILES string of the molecule is CSC=CC(=O)C(F)(F)F. The molecule has 0 aromatic heterocycles. The Morgan fingerprint density at radius 2 is 2.00 bits per heavy atom. The fourth-order valence-electron chi connectivity index (χ4n) is 0.224. The van der Waals surface area contributed by atoms with Crippen LogP contribution in [-0.4, -0.2) is 18.2 Å². The highest BCUT2D eigenvalue weighted by Crippen LogP contribution is 2.16. The van der Waals surface area contributed by atoms with Crippen molar-refractivity contribution in [3.8, 4) is 0 Å². The van der Waals surface area contributed by atoms with E-state index in [1.165, 1.54) is 0 Å². The Morgan fingerprint density at radius 3 is 2.30 bits per heavy atom. The third-order valence-electron chi connectivity index (χ3n) is 0.635. The van der Waals surface area contributed by atoms with Gasteiger partial charge in [-0.1, -0.05) is 0 Å². The van der Waals surface area contributed by atoms with Gasteiger partial charge in [-0.15, -0.1) is 11.8 Å². The van der Waals surface area contributed by atoms with E-state index in [0.717, 1.165) is 17.2 Å². The molecule has 0 atom stereocenters. The molecule has 0 aromatic carbocycles. The number of rotatable bonds is 2. The molecule has 0 fully saturated rings. The topological polar surface area (TPSA) is 17.1 Å². The van der Waals surface area contributed by atoms with Crippen molar-refractivity contribution in [1.82, 2.24) is 0 Å². The number of carbonyl (C=O) groups is 1. The molecule has 0 rings (SSSR count). The Morgan fingerprint density at radius 1 is 1.50 bits per heavy atom. The highest BCUT2D eigenvalue weighted by atomic mass is 32.2. The Balaban J connectivity index is 3.98. The summed E-state index contributed by atoms with van der Waals surface area (Å²) in [7, 11) is 0. The van der Waals surface area contributed by atoms with Crippen LogP contribution < -0.4 is 0 Å². The quantitative estimate of drug-likeness (QED) is 0.589. The minimum Gasteiger partial charge on any atom is -0.285 e. The lowest BCUT2D eigenvalue weighted by molar-refractivity contribution is -0.165. The van der Waals surface area contributed by atoms with Gasteiger partial charge in [0.15, 0.2) is 0 Å². The van der Waals surface area contributed by atoms with Crippen LogP contribution in [-0.2, 0) is 4.79 Å². The maximum atomic E-state index is 11.4. The molecule has 0 unspecified atom stereocenters. The Hall–Kier alpha value is -0.450. The lowest BCUT2D eigenvalue weighted by Crippen LogP contribution is -2.19. The molecule has 1 nitrogen and oxygen atoms in total. The Kier molecular flexibility index (Phi) is 3.49. The first-order chi connectivity index (χ1) is 4.48. The van der Waals surface area contributed by atoms with E-state index in [-0.39, 0.29) is 0 Å². The molecule has 58 valence electrons. The zero-order chi connectivity index (χ0) is 8.20. The van der Waals surface area contributed by atoms with E-state index >= 15 is 0 Å². The number of halogens is 3. The minimum atomic E-state index is -4.73. The summed E-state index contributed by atoms with van der Waals surface area (Å²) in [6, 6.07) is 0. The third kappa shape index (κ3) is 3.55. The molecule has 0 aromatic rings. The normalized spacial score (nSPS) is 12.4. The van der Waals surface area contributed by atoms with Gasteiger partial charge in [0.1, 0.15) is 0 Å². The zero-order valence-corrected chi connectivity index (χ0v) is 5.92. The number of alkyl halides is 3. The van der Waals surface area contributed by atoms with Crippen LogP contribution in [0.15, 0.2) is 11.5 Å². The summed E-state index contributed by atoms with van der Waals surface area (Å²) in [6.07, 6.45) is -2.66. The first-order valence-electron chi connectivity index (χ1n) is 2.29. The van der Waals surface area contributed by atoms with Gasteiger partial charge in [0.2, 0.25) is 0 Å². The van der Waals surface area contributed by atoms with Gasteiger partial charge in [0.25, 0.3) is 5.78 Å². The predicted molar refractivity (Wildman–Crippen MR) is 33.7 cm³/mol. The number of carbonyl (C=O) groups excluding carboxylic acids is 1. The maximum absolute atomic E-state index is 11.4. The molecule has 0 aliphatic heterocycles. The molecule has 0 radical (unpaired) electrons. The summed E-state index contributed by atoms with van der Waals surface area (Å²) in [5.41, 5.74) is 0. The van der Waals surface area contributed by atoms with Crippen LogP contribution in [0, 0.1) is 0 Å². The molecule has 0 aliphatic rings. The number of allylic oxidation sites excluding steroid dienone is 1. The smallest absolute Gasteiger partial charge is 0.285 e. The molecule has 10 heavy (non-hydrogen) atoms. The first kappa shape index (κ1) is 9.55. The molecular weight excluding hydrogens is 165 g/mol. The van der Waals surface area contributed by atoms with Crippen molar-refractivity contribution in [2.24, 2.45) is 0 Å². The fraction of sp³-hybridized carbons (Fsp3) is 0.400. The van der Waals surface area contributed by atoms with Crippen LogP contribution in [0.1, 0.15) is 0 Å². The van der Waals surface area contributed by atoms with Gasteiger partial charge in [-0.3, -0.25) is 4.79 Å². The number of thioether (sulfide) groups is 1. The van der Waals surface area contributed by atoms with Gasteiger partial charge in [-0.05, 0) is 17.7 Å². The maximum Gasteiger partial charge on any atom is 0.454 e. The lowest BCUT2D eigenvalue weighted by atomic mass is 10.4. The van der Waals surface area contributed by atoms with E-state index in [9.17, 15) is 18.0 Å². The molecule has 5 heteroatoms. The third-order valence-corrected chi connectivity index (χ3v) is 1.04. The molecule has 0 saturated heterocycles. The molecule has 0 bridgehead atoms. The van der Waals surface area contributed by atoms with E-state index in [2.05, 4.69) is 0 Å². The molecule has 0 saturated carbocycles. The van der Waals surface area contributed by atoms with Gasteiger partial charge < -0.3 is 0 Å². The van der Waals surface area contributed by atoms with Gasteiger partial charge in [0.05, 0.1) is 0 Å². The average Bonchev–Trinajstić information content (AvgIpc) is 1.80. The van der Waals surface area contributed by atoms with E-state index in [1.54, 1.807) is 6.26 Å². The van der Waals surface area contributed by atoms with Crippen LogP contribution in [0.2, 0.25) is 0 Å². The first-order valence-corrected chi connectivity index (χ1v) is 3.57. The molecule has 0 N–H and O–H groups in total. The lowest BCUT2D eigenvalue weighted by Gasteiger charge is -1.97. The number of hydrogen-bond acceptors (Lipinski definition) is 2. The predicted octanol–water partition coefficient (Wildman–Crippen LogP) is 1.99. The highest BCUT2D eigenvalue weighted by Gasteiger charge is 2.35. The summed E-state index contributed by atoms with van der Waals surface area (Å²) in [5.74, 6) is -1.82. The molecule has 0 amide bonds. The number of ketones is 1. The summed E-state index contributed by atoms with van der Waals surface area (Å²) >= 11 is 1.04. The summed E-state index contributed by atoms with van der Waals surface area (Å²) in [6.45, 7) is 0. The van der Waals surface area contributed by atoms with E-state index in [1.807, 2.05) is 0 Å². The fourth-order valence-corrected chi connectivity index (χ4v) is 0.484. The van der Waals surface area contributed by atoms with Crippen molar-refractivity contribution in [2.45, 2.75) is 6.18 Å². The van der Waals surface area contributed by atoms with Gasteiger partial charge in [-0.2, -0.15) is 13.2 Å². The molecule has 0 heterocycles. The van der Waals surface area contributed by atoms with Crippen molar-refractivity contribution >= 4 is 17.5 Å². The van der Waals surface area contributed by atoms with Crippen LogP contribution in [0.5, 0.6) is 0 Å². The second-order valence-electron chi connectivity index (χ2n) is 1.40. The molecule has 0 aliphatic carbocycles. The summed E-state index contributed by atoms with van der Waals surface area (Å²) in [5, 5.41) is 1.09. The van der Waals surface area contributed by atoms with E-state index in [4.69, 9.17) is 0 Å². The summed E-state index contributed by atoms with van der Waals surface area (Å²) < 4.78 is 34.1. The molecule has 0 spiro atoms. The van der Waals surface area contributed by atoms with E-state index in [0.29, 0.717) is 6.08 Å². The second-order valence-corrected chi connectivity index (χ2v) is 2.14. The molecular formula is C5H5F3OS.